The summed E-state index contributed by atoms with van der Waals surface area (Å²) >= 11 is 0. The molecule has 2 atom stereocenters. The number of imidazole rings is 3. The highest BCUT2D eigenvalue weighted by atomic mass is 19.1. The molecule has 0 saturated carbocycles. The van der Waals surface area contributed by atoms with Gasteiger partial charge >= 0.3 is 0 Å². The number of nitrogens with one attached hydrogen (secondary N) is 2. The van der Waals surface area contributed by atoms with Crippen molar-refractivity contribution in [1.82, 2.24) is 89.9 Å². The second kappa shape index (κ2) is 23.2. The standard InChI is InChI=1S/C22H24FN7.C22H23FN6.C20H20FN7/c1-12-5-19(28-30-11-15(4)25-22(12)30)16-6-18(23)17-8-21(27-26-20(17)7-16)29-9-13(2)24-14(3)10-29;1-13-8-20(27-29-12-14(2)24-22(13)29)16-9-18(23)17-11-19(25-26-21(17)10-16)15-4-6-28(3)7-5-15;1-12-7-17(26-28-11-13(2)23-20(12)28)14-8-16(21)15-10-19(25-24-18(15)9-14)27-5-3-22-4-6-27/h5-8,11,13-14,24H,9-10H2,1-4H3;8-12,15H,4-7H2,1-3H3;7-11,22H,3-6H2,1-2H3/t13-,14+;;. The molecule has 0 amide bonds. The molecule has 0 radical (unpaired) electrons. The third kappa shape index (κ3) is 11.7. The van der Waals surface area contributed by atoms with Crippen molar-refractivity contribution < 1.29 is 13.2 Å². The zero-order valence-corrected chi connectivity index (χ0v) is 50.1. The van der Waals surface area contributed by atoms with Crippen molar-refractivity contribution in [3.05, 3.63) is 148 Å². The number of piperazine rings is 2. The molecule has 9 aromatic heterocycles. The lowest BCUT2D eigenvalue weighted by molar-refractivity contribution is 0.253. The Morgan fingerprint density at radius 3 is 1.26 bits per heavy atom. The van der Waals surface area contributed by atoms with Gasteiger partial charge < -0.3 is 25.3 Å². The third-order valence-corrected chi connectivity index (χ3v) is 16.5. The molecule has 3 aliphatic heterocycles. The molecule has 0 bridgehead atoms. The van der Waals surface area contributed by atoms with E-state index in [0.717, 1.165) is 122 Å². The predicted octanol–water partition coefficient (Wildman–Crippen LogP) is 9.69. The van der Waals surface area contributed by atoms with Crippen molar-refractivity contribution >= 4 is 61.3 Å². The van der Waals surface area contributed by atoms with Crippen LogP contribution in [0.15, 0.2) is 91.4 Å². The first-order valence-corrected chi connectivity index (χ1v) is 29.5. The van der Waals surface area contributed by atoms with E-state index in [4.69, 9.17) is 0 Å². The Bertz CT molecular complexity index is 4590. The topological polar surface area (TPSA) is 202 Å². The highest BCUT2D eigenvalue weighted by molar-refractivity contribution is 5.88. The second-order valence-electron chi connectivity index (χ2n) is 23.6. The molecule has 3 saturated heterocycles. The van der Waals surface area contributed by atoms with E-state index >= 15 is 8.78 Å². The van der Waals surface area contributed by atoms with Crippen LogP contribution < -0.4 is 20.4 Å². The van der Waals surface area contributed by atoms with Crippen molar-refractivity contribution in [1.29, 1.82) is 0 Å². The quantitative estimate of drug-likeness (QED) is 0.159. The van der Waals surface area contributed by atoms with Crippen molar-refractivity contribution in [3.63, 3.8) is 0 Å². The largest absolute Gasteiger partial charge is 0.353 e. The highest BCUT2D eigenvalue weighted by Crippen LogP contribution is 2.33. The molecule has 0 spiro atoms. The van der Waals surface area contributed by atoms with Gasteiger partial charge in [0.25, 0.3) is 0 Å². The molecule has 15 rings (SSSR count). The fraction of sp³-hybridized carbons (Fsp3) is 0.344. The lowest BCUT2D eigenvalue weighted by Crippen LogP contribution is -2.54. The van der Waals surface area contributed by atoms with Crippen LogP contribution in [0.25, 0.3) is 83.4 Å². The van der Waals surface area contributed by atoms with Crippen LogP contribution in [0, 0.1) is 59.0 Å². The van der Waals surface area contributed by atoms with Crippen LogP contribution >= 0.6 is 0 Å². The van der Waals surface area contributed by atoms with Crippen molar-refractivity contribution in [2.45, 2.75) is 86.2 Å². The molecular weight excluding hydrogens is 1110 g/mol. The van der Waals surface area contributed by atoms with Crippen LogP contribution in [0.5, 0.6) is 0 Å². The van der Waals surface area contributed by atoms with Crippen LogP contribution in [0.3, 0.4) is 0 Å². The Kier molecular flexibility index (Phi) is 15.2. The minimum atomic E-state index is -0.323. The SMILES string of the molecule is Cc1cn2nc(-c3cc(F)c4cc(C5CCN(C)CC5)nnc4c3)cc(C)c2n1.Cc1cn2nc(-c3cc(F)c4cc(N5CCNCC5)nnc4c3)cc(C)c2n1.Cc1cn2nc(-c3cc(F)c4cc(N5C[C@@H](C)N[C@@H](C)C5)nnc4c3)cc(C)c2n1. The number of nitrogens with zero attached hydrogens (tertiary/aromatic N) is 18. The van der Waals surface area contributed by atoms with Crippen molar-refractivity contribution in [2.24, 2.45) is 0 Å². The maximum absolute atomic E-state index is 15.1. The number of halogens is 3. The summed E-state index contributed by atoms with van der Waals surface area (Å²) in [4.78, 5) is 20.0. The van der Waals surface area contributed by atoms with Gasteiger partial charge in [0.15, 0.2) is 28.6 Å². The Morgan fingerprint density at radius 1 is 0.448 bits per heavy atom. The average molecular weight is 1170 g/mol. The summed E-state index contributed by atoms with van der Waals surface area (Å²) in [5, 5.41) is 48.2. The zero-order valence-electron chi connectivity index (χ0n) is 50.1. The molecule has 2 N–H and O–H groups in total. The van der Waals surface area contributed by atoms with Crippen LogP contribution in [0.2, 0.25) is 0 Å². The Hall–Kier alpha value is -9.19. The lowest BCUT2D eigenvalue weighted by Gasteiger charge is -2.36. The van der Waals surface area contributed by atoms with Gasteiger partial charge in [-0.2, -0.15) is 25.5 Å². The molecule has 3 fully saturated rings. The molecule has 0 unspecified atom stereocenters. The highest BCUT2D eigenvalue weighted by Gasteiger charge is 2.25. The molecule has 20 nitrogen and oxygen atoms in total. The summed E-state index contributed by atoms with van der Waals surface area (Å²) in [6.45, 7) is 23.2. The van der Waals surface area contributed by atoms with Crippen LogP contribution in [-0.2, 0) is 0 Å². The van der Waals surface area contributed by atoms with Gasteiger partial charge in [-0.05, 0) is 178 Å². The first kappa shape index (κ1) is 56.9. The first-order valence-electron chi connectivity index (χ1n) is 29.5. The van der Waals surface area contributed by atoms with Gasteiger partial charge in [-0.3, -0.25) is 0 Å². The lowest BCUT2D eigenvalue weighted by atomic mass is 9.93. The molecule has 444 valence electrons. The maximum atomic E-state index is 15.1. The number of rotatable bonds is 6. The van der Waals surface area contributed by atoms with E-state index in [2.05, 4.69) is 107 Å². The van der Waals surface area contributed by atoms with Crippen LogP contribution in [-0.4, -0.2) is 151 Å². The van der Waals surface area contributed by atoms with E-state index < -0.39 is 0 Å². The van der Waals surface area contributed by atoms with Gasteiger partial charge in [0, 0.05) is 90.1 Å². The normalized spacial score (nSPS) is 17.0. The minimum absolute atomic E-state index is 0.289. The first-order chi connectivity index (χ1) is 41.9. The number of piperidine rings is 1. The van der Waals surface area contributed by atoms with Gasteiger partial charge in [0.2, 0.25) is 0 Å². The minimum Gasteiger partial charge on any atom is -0.353 e. The maximum Gasteiger partial charge on any atom is 0.156 e. The Labute approximate surface area is 499 Å². The smallest absolute Gasteiger partial charge is 0.156 e. The number of aromatic nitrogens is 15. The Balaban J connectivity index is 0.000000121. The van der Waals surface area contributed by atoms with Gasteiger partial charge in [0.1, 0.15) is 17.5 Å². The summed E-state index contributed by atoms with van der Waals surface area (Å²) < 4.78 is 50.3. The van der Waals surface area contributed by atoms with E-state index in [0.29, 0.717) is 96.1 Å². The van der Waals surface area contributed by atoms with E-state index in [1.807, 2.05) is 103 Å². The number of hydrogen-bond donors (Lipinski definition) is 2. The van der Waals surface area contributed by atoms with E-state index in [-0.39, 0.29) is 17.5 Å². The number of benzene rings is 3. The Morgan fingerprint density at radius 2 is 0.839 bits per heavy atom. The van der Waals surface area contributed by atoms with Crippen molar-refractivity contribution in [2.75, 3.05) is 69.2 Å². The number of fused-ring (bicyclic) bond motifs is 6. The molecule has 3 aromatic carbocycles. The average Bonchev–Trinajstić information content (AvgIpc) is 2.01. The van der Waals surface area contributed by atoms with E-state index in [9.17, 15) is 4.39 Å². The molecule has 3 aliphatic rings. The van der Waals surface area contributed by atoms with Crippen LogP contribution in [0.1, 0.15) is 72.1 Å². The fourth-order valence-corrected chi connectivity index (χ4v) is 12.1. The van der Waals surface area contributed by atoms with Gasteiger partial charge in [-0.1, -0.05) is 0 Å². The molecule has 23 heteroatoms. The van der Waals surface area contributed by atoms with Gasteiger partial charge in [-0.25, -0.2) is 41.7 Å². The summed E-state index contributed by atoms with van der Waals surface area (Å²) in [5.74, 6) is 0.835. The van der Waals surface area contributed by atoms with E-state index in [1.54, 1.807) is 31.7 Å². The van der Waals surface area contributed by atoms with Gasteiger partial charge in [0.05, 0.1) is 75.0 Å². The van der Waals surface area contributed by atoms with Gasteiger partial charge in [-0.15, -0.1) is 20.4 Å². The third-order valence-electron chi connectivity index (χ3n) is 16.5. The molecule has 0 aliphatic carbocycles. The molecule has 87 heavy (non-hydrogen) atoms. The number of hydrogen-bond acceptors (Lipinski definition) is 17. The fourth-order valence-electron chi connectivity index (χ4n) is 12.1. The monoisotopic (exact) mass is 1170 g/mol. The number of anilines is 2. The number of likely N-dealkylation sites (tertiary alicyclic amines) is 1. The molecule has 12 heterocycles. The van der Waals surface area contributed by atoms with Crippen LogP contribution in [0.4, 0.5) is 24.8 Å². The zero-order chi connectivity index (χ0) is 60.4. The summed E-state index contributed by atoms with van der Waals surface area (Å²) in [6, 6.07) is 22.0. The number of aryl methyl sites for hydroxylation is 6. The summed E-state index contributed by atoms with van der Waals surface area (Å²) in [5.41, 5.74) is 14.6. The molecular formula is C64H67F3N20. The molecule has 12 aromatic rings. The predicted molar refractivity (Wildman–Crippen MR) is 332 cm³/mol. The summed E-state index contributed by atoms with van der Waals surface area (Å²) in [6.07, 6.45) is 7.67. The second-order valence-corrected chi connectivity index (χ2v) is 23.6. The van der Waals surface area contributed by atoms with E-state index in [1.165, 1.54) is 12.1 Å². The summed E-state index contributed by atoms with van der Waals surface area (Å²) in [7, 11) is 2.13. The van der Waals surface area contributed by atoms with Crippen molar-refractivity contribution in [3.8, 4) is 33.8 Å².